The molecule has 78 valence electrons. The van der Waals surface area contributed by atoms with Gasteiger partial charge in [0.15, 0.2) is 0 Å². The van der Waals surface area contributed by atoms with Crippen LogP contribution in [0.2, 0.25) is 0 Å². The van der Waals surface area contributed by atoms with Crippen molar-refractivity contribution < 1.29 is 0 Å². The third kappa shape index (κ3) is 2.49. The highest BCUT2D eigenvalue weighted by Crippen LogP contribution is 2.32. The maximum Gasteiger partial charge on any atom is 0.0928 e. The average Bonchev–Trinajstić information content (AvgIpc) is 2.85. The minimum absolute atomic E-state index is 0.725. The molecular formula is C10H16N2S2. The van der Waals surface area contributed by atoms with Gasteiger partial charge in [-0.2, -0.15) is 11.8 Å². The van der Waals surface area contributed by atoms with E-state index in [1.54, 1.807) is 11.3 Å². The average molecular weight is 228 g/mol. The summed E-state index contributed by atoms with van der Waals surface area (Å²) in [5.41, 5.74) is 6.80. The Labute approximate surface area is 93.3 Å². The molecule has 4 heteroatoms. The molecule has 1 aromatic rings. The Morgan fingerprint density at radius 3 is 3.21 bits per heavy atom. The molecule has 0 aromatic carbocycles. The van der Waals surface area contributed by atoms with Gasteiger partial charge in [-0.05, 0) is 25.1 Å². The van der Waals surface area contributed by atoms with Crippen LogP contribution in [0.3, 0.4) is 0 Å². The molecule has 2 N–H and O–H groups in total. The van der Waals surface area contributed by atoms with E-state index in [1.807, 2.05) is 11.8 Å². The van der Waals surface area contributed by atoms with Gasteiger partial charge in [0.2, 0.25) is 0 Å². The van der Waals surface area contributed by atoms with Crippen molar-refractivity contribution in [2.45, 2.75) is 25.2 Å². The molecule has 1 saturated heterocycles. The van der Waals surface area contributed by atoms with Crippen molar-refractivity contribution in [3.05, 3.63) is 16.1 Å². The van der Waals surface area contributed by atoms with Crippen molar-refractivity contribution in [2.24, 2.45) is 5.73 Å². The molecule has 0 amide bonds. The fraction of sp³-hybridized carbons (Fsp3) is 0.700. The number of nitrogens with zero attached hydrogens (tertiary/aromatic N) is 1. The van der Waals surface area contributed by atoms with Crippen molar-refractivity contribution in [1.82, 2.24) is 4.98 Å². The molecule has 0 radical (unpaired) electrons. The van der Waals surface area contributed by atoms with Gasteiger partial charge in [-0.25, -0.2) is 4.98 Å². The van der Waals surface area contributed by atoms with E-state index >= 15 is 0 Å². The summed E-state index contributed by atoms with van der Waals surface area (Å²) >= 11 is 3.85. The summed E-state index contributed by atoms with van der Waals surface area (Å²) in [5.74, 6) is 3.29. The number of thioether (sulfide) groups is 1. The Morgan fingerprint density at radius 2 is 2.50 bits per heavy atom. The summed E-state index contributed by atoms with van der Waals surface area (Å²) in [7, 11) is 0. The zero-order chi connectivity index (χ0) is 9.80. The number of hydrogen-bond acceptors (Lipinski definition) is 4. The zero-order valence-electron chi connectivity index (χ0n) is 8.24. The van der Waals surface area contributed by atoms with Crippen LogP contribution in [0.25, 0.3) is 0 Å². The van der Waals surface area contributed by atoms with Crippen LogP contribution in [0.15, 0.2) is 5.38 Å². The summed E-state index contributed by atoms with van der Waals surface area (Å²) < 4.78 is 0. The second-order valence-electron chi connectivity index (χ2n) is 3.62. The molecule has 0 saturated carbocycles. The molecule has 14 heavy (non-hydrogen) atoms. The van der Waals surface area contributed by atoms with Gasteiger partial charge in [0.25, 0.3) is 0 Å². The number of aromatic nitrogens is 1. The lowest BCUT2D eigenvalue weighted by Gasteiger charge is -2.02. The molecular weight excluding hydrogens is 212 g/mol. The molecule has 1 aliphatic rings. The van der Waals surface area contributed by atoms with Crippen LogP contribution in [-0.4, -0.2) is 23.0 Å². The number of hydrogen-bond donors (Lipinski definition) is 1. The number of rotatable bonds is 4. The summed E-state index contributed by atoms with van der Waals surface area (Å²) in [6, 6.07) is 0. The Kier molecular flexibility index (Phi) is 3.84. The zero-order valence-corrected chi connectivity index (χ0v) is 9.87. The smallest absolute Gasteiger partial charge is 0.0928 e. The third-order valence-corrected chi connectivity index (χ3v) is 4.60. The van der Waals surface area contributed by atoms with Crippen LogP contribution in [0.4, 0.5) is 0 Å². The predicted molar refractivity (Wildman–Crippen MR) is 64.2 cm³/mol. The number of aryl methyl sites for hydroxylation is 1. The number of thiazole rings is 1. The highest BCUT2D eigenvalue weighted by molar-refractivity contribution is 7.99. The monoisotopic (exact) mass is 228 g/mol. The van der Waals surface area contributed by atoms with E-state index in [4.69, 9.17) is 5.73 Å². The quantitative estimate of drug-likeness (QED) is 0.859. The van der Waals surface area contributed by atoms with E-state index < -0.39 is 0 Å². The molecule has 1 atom stereocenters. The lowest BCUT2D eigenvalue weighted by molar-refractivity contribution is 0.746. The molecule has 2 nitrogen and oxygen atoms in total. The highest BCUT2D eigenvalue weighted by Gasteiger charge is 2.19. The lowest BCUT2D eigenvalue weighted by Crippen LogP contribution is -2.01. The molecule has 1 aliphatic heterocycles. The molecule has 0 spiro atoms. The molecule has 0 aliphatic carbocycles. The van der Waals surface area contributed by atoms with E-state index in [0.29, 0.717) is 0 Å². The molecule has 0 bridgehead atoms. The van der Waals surface area contributed by atoms with E-state index in [-0.39, 0.29) is 0 Å². The summed E-state index contributed by atoms with van der Waals surface area (Å²) in [6.45, 7) is 0.772. The van der Waals surface area contributed by atoms with Crippen molar-refractivity contribution in [1.29, 1.82) is 0 Å². The standard InChI is InChI=1S/C10H16N2S2/c11-4-1-2-10-12-9(7-14-10)8-3-5-13-6-8/h7-8H,1-6,11H2. The van der Waals surface area contributed by atoms with Gasteiger partial charge in [0.05, 0.1) is 10.7 Å². The topological polar surface area (TPSA) is 38.9 Å². The van der Waals surface area contributed by atoms with Crippen molar-refractivity contribution in [2.75, 3.05) is 18.1 Å². The maximum absolute atomic E-state index is 5.48. The van der Waals surface area contributed by atoms with E-state index in [9.17, 15) is 0 Å². The first-order valence-corrected chi connectivity index (χ1v) is 7.15. The molecule has 1 aromatic heterocycles. The molecule has 2 rings (SSSR count). The fourth-order valence-corrected chi connectivity index (χ4v) is 3.81. The SMILES string of the molecule is NCCCc1nc(C2CCSC2)cs1. The Hall–Kier alpha value is -0.0600. The highest BCUT2D eigenvalue weighted by atomic mass is 32.2. The first-order valence-electron chi connectivity index (χ1n) is 5.12. The molecule has 1 unspecified atom stereocenters. The minimum Gasteiger partial charge on any atom is -0.330 e. The summed E-state index contributed by atoms with van der Waals surface area (Å²) in [4.78, 5) is 4.68. The lowest BCUT2D eigenvalue weighted by atomic mass is 10.1. The first-order chi connectivity index (χ1) is 6.90. The van der Waals surface area contributed by atoms with Crippen LogP contribution >= 0.6 is 23.1 Å². The van der Waals surface area contributed by atoms with Crippen LogP contribution < -0.4 is 5.73 Å². The third-order valence-electron chi connectivity index (χ3n) is 2.51. The van der Waals surface area contributed by atoms with Crippen molar-refractivity contribution in [3.63, 3.8) is 0 Å². The van der Waals surface area contributed by atoms with E-state index in [0.717, 1.165) is 25.3 Å². The molecule has 2 heterocycles. The summed E-state index contributed by atoms with van der Waals surface area (Å²) in [5, 5.41) is 3.50. The minimum atomic E-state index is 0.725. The van der Waals surface area contributed by atoms with Gasteiger partial charge < -0.3 is 5.73 Å². The molecule has 1 fully saturated rings. The summed E-state index contributed by atoms with van der Waals surface area (Å²) in [6.07, 6.45) is 3.43. The van der Waals surface area contributed by atoms with Gasteiger partial charge in [0, 0.05) is 23.5 Å². The van der Waals surface area contributed by atoms with Gasteiger partial charge in [-0.3, -0.25) is 0 Å². The van der Waals surface area contributed by atoms with Gasteiger partial charge >= 0.3 is 0 Å². The van der Waals surface area contributed by atoms with Crippen LogP contribution in [0, 0.1) is 0 Å². The van der Waals surface area contributed by atoms with Gasteiger partial charge in [0.1, 0.15) is 0 Å². The predicted octanol–water partition coefficient (Wildman–Crippen LogP) is 2.25. The van der Waals surface area contributed by atoms with Crippen LogP contribution in [0.5, 0.6) is 0 Å². The van der Waals surface area contributed by atoms with Crippen LogP contribution in [-0.2, 0) is 6.42 Å². The number of nitrogens with two attached hydrogens (primary N) is 1. The Bertz CT molecular complexity index is 279. The van der Waals surface area contributed by atoms with Crippen molar-refractivity contribution in [3.8, 4) is 0 Å². The Balaban J connectivity index is 1.94. The Morgan fingerprint density at radius 1 is 1.57 bits per heavy atom. The van der Waals surface area contributed by atoms with Crippen LogP contribution in [0.1, 0.15) is 29.5 Å². The maximum atomic E-state index is 5.48. The van der Waals surface area contributed by atoms with E-state index in [2.05, 4.69) is 10.4 Å². The second kappa shape index (κ2) is 5.14. The second-order valence-corrected chi connectivity index (χ2v) is 5.71. The largest absolute Gasteiger partial charge is 0.330 e. The normalized spacial score (nSPS) is 21.6. The van der Waals surface area contributed by atoms with Gasteiger partial charge in [-0.15, -0.1) is 11.3 Å². The van der Waals surface area contributed by atoms with E-state index in [1.165, 1.54) is 28.6 Å². The van der Waals surface area contributed by atoms with Crippen molar-refractivity contribution >= 4 is 23.1 Å². The first kappa shape index (κ1) is 10.5. The van der Waals surface area contributed by atoms with Gasteiger partial charge in [-0.1, -0.05) is 0 Å². The fourth-order valence-electron chi connectivity index (χ4n) is 1.65.